The van der Waals surface area contributed by atoms with Crippen LogP contribution in [0.1, 0.15) is 26.2 Å². The summed E-state index contributed by atoms with van der Waals surface area (Å²) in [4.78, 5) is 0. The molecule has 0 aliphatic rings. The first-order valence-electron chi connectivity index (χ1n) is 2.63. The minimum Gasteiger partial charge on any atom is -0.171 e. The molecule has 0 aromatic rings. The molecule has 0 saturated carbocycles. The molecule has 0 unspecified atom stereocenters. The van der Waals surface area contributed by atoms with Gasteiger partial charge in [-0.15, -0.1) is 0 Å². The normalized spacial score (nSPS) is 10.7. The van der Waals surface area contributed by atoms with E-state index in [1.807, 2.05) is 0 Å². The largest absolute Gasteiger partial charge is 2.00 e. The number of unbranched alkanes of at least 4 members (excludes halogenated alkanes) is 1. The molecule has 0 aliphatic heterocycles. The minimum atomic E-state index is -3.95. The summed E-state index contributed by atoms with van der Waals surface area (Å²) in [5.41, 5.74) is 0. The minimum absolute atomic E-state index is 0. The fourth-order valence-corrected chi connectivity index (χ4v) is 0.377. The van der Waals surface area contributed by atoms with Crippen LogP contribution in [-0.4, -0.2) is 6.18 Å². The Labute approximate surface area is 62.7 Å². The van der Waals surface area contributed by atoms with E-state index in [1.54, 1.807) is 6.92 Å². The number of hydrogen-bond donors (Lipinski definition) is 0. The summed E-state index contributed by atoms with van der Waals surface area (Å²) < 4.78 is 33.7. The van der Waals surface area contributed by atoms with Crippen LogP contribution in [0.25, 0.3) is 0 Å². The van der Waals surface area contributed by atoms with Gasteiger partial charge in [0.05, 0.1) is 0 Å². The SMILES string of the molecule is CCCCC(F)(F)F.[Ni+2]. The fraction of sp³-hybridized carbons (Fsp3) is 1.00. The molecule has 0 aromatic heterocycles. The fourth-order valence-electron chi connectivity index (χ4n) is 0.377. The van der Waals surface area contributed by atoms with E-state index >= 15 is 0 Å². The second-order valence-electron chi connectivity index (χ2n) is 1.72. The first-order chi connectivity index (χ1) is 3.56. The van der Waals surface area contributed by atoms with E-state index in [-0.39, 0.29) is 22.9 Å². The van der Waals surface area contributed by atoms with Crippen LogP contribution >= 0.6 is 0 Å². The number of rotatable bonds is 2. The molecule has 0 fully saturated rings. The van der Waals surface area contributed by atoms with Crippen LogP contribution in [0.2, 0.25) is 0 Å². The van der Waals surface area contributed by atoms with Crippen LogP contribution in [0.4, 0.5) is 13.2 Å². The van der Waals surface area contributed by atoms with Gasteiger partial charge in [0.15, 0.2) is 0 Å². The Morgan fingerprint density at radius 2 is 1.67 bits per heavy atom. The van der Waals surface area contributed by atoms with E-state index in [0.29, 0.717) is 6.42 Å². The van der Waals surface area contributed by atoms with E-state index in [4.69, 9.17) is 0 Å². The Balaban J connectivity index is 0. The van der Waals surface area contributed by atoms with Crippen molar-refractivity contribution in [3.05, 3.63) is 0 Å². The molecule has 0 amide bonds. The molecule has 0 radical (unpaired) electrons. The van der Waals surface area contributed by atoms with Crippen molar-refractivity contribution >= 4 is 0 Å². The van der Waals surface area contributed by atoms with Gasteiger partial charge < -0.3 is 0 Å². The molecule has 4 heteroatoms. The van der Waals surface area contributed by atoms with E-state index in [0.717, 1.165) is 0 Å². The van der Waals surface area contributed by atoms with Crippen LogP contribution in [0.15, 0.2) is 0 Å². The first-order valence-corrected chi connectivity index (χ1v) is 2.63. The van der Waals surface area contributed by atoms with Gasteiger partial charge in [-0.3, -0.25) is 0 Å². The predicted molar refractivity (Wildman–Crippen MR) is 25.6 cm³/mol. The monoisotopic (exact) mass is 184 g/mol. The predicted octanol–water partition coefficient (Wildman–Crippen LogP) is 2.74. The molecule has 0 aromatic carbocycles. The smallest absolute Gasteiger partial charge is 0.171 e. The quantitative estimate of drug-likeness (QED) is 0.580. The molecular weight excluding hydrogens is 176 g/mol. The third kappa shape index (κ3) is 11.7. The molecule has 0 heterocycles. The summed E-state index contributed by atoms with van der Waals surface area (Å²) in [6.07, 6.45) is -3.72. The van der Waals surface area contributed by atoms with Gasteiger partial charge in [0, 0.05) is 6.42 Å². The Kier molecular flexibility index (Phi) is 6.80. The zero-order valence-electron chi connectivity index (χ0n) is 5.07. The second kappa shape index (κ2) is 5.10. The van der Waals surface area contributed by atoms with E-state index in [1.165, 1.54) is 0 Å². The molecule has 0 atom stereocenters. The number of alkyl halides is 3. The van der Waals surface area contributed by atoms with Crippen LogP contribution in [0.3, 0.4) is 0 Å². The van der Waals surface area contributed by atoms with Crippen molar-refractivity contribution in [2.45, 2.75) is 32.4 Å². The molecule has 58 valence electrons. The molecule has 0 N–H and O–H groups in total. The summed E-state index contributed by atoms with van der Waals surface area (Å²) in [7, 11) is 0. The van der Waals surface area contributed by atoms with E-state index in [2.05, 4.69) is 0 Å². The van der Waals surface area contributed by atoms with Gasteiger partial charge in [0.1, 0.15) is 0 Å². The van der Waals surface area contributed by atoms with Gasteiger partial charge in [0.2, 0.25) is 0 Å². The zero-order chi connectivity index (χ0) is 6.62. The van der Waals surface area contributed by atoms with Crippen molar-refractivity contribution in [1.29, 1.82) is 0 Å². The average Bonchev–Trinajstić information content (AvgIpc) is 1.59. The van der Waals surface area contributed by atoms with Gasteiger partial charge >= 0.3 is 22.7 Å². The van der Waals surface area contributed by atoms with Crippen molar-refractivity contribution in [2.75, 3.05) is 0 Å². The van der Waals surface area contributed by atoms with Gasteiger partial charge in [0.25, 0.3) is 0 Å². The summed E-state index contributed by atoms with van der Waals surface area (Å²) in [5.74, 6) is 0. The van der Waals surface area contributed by atoms with Crippen molar-refractivity contribution in [3.8, 4) is 0 Å². The van der Waals surface area contributed by atoms with Crippen LogP contribution in [0, 0.1) is 0 Å². The third-order valence-electron chi connectivity index (χ3n) is 0.814. The number of hydrogen-bond acceptors (Lipinski definition) is 0. The molecular formula is C5H9F3Ni+2. The zero-order valence-corrected chi connectivity index (χ0v) is 6.06. The Morgan fingerprint density at radius 3 is 1.78 bits per heavy atom. The van der Waals surface area contributed by atoms with Crippen molar-refractivity contribution < 1.29 is 29.7 Å². The molecule has 9 heavy (non-hydrogen) atoms. The Morgan fingerprint density at radius 1 is 1.22 bits per heavy atom. The van der Waals surface area contributed by atoms with Gasteiger partial charge in [-0.2, -0.15) is 13.2 Å². The molecule has 0 saturated heterocycles. The van der Waals surface area contributed by atoms with Crippen LogP contribution in [-0.2, 0) is 16.5 Å². The third-order valence-corrected chi connectivity index (χ3v) is 0.814. The molecule has 0 bridgehead atoms. The van der Waals surface area contributed by atoms with Gasteiger partial charge in [-0.1, -0.05) is 13.3 Å². The van der Waals surface area contributed by atoms with Crippen molar-refractivity contribution in [1.82, 2.24) is 0 Å². The van der Waals surface area contributed by atoms with Crippen molar-refractivity contribution in [3.63, 3.8) is 0 Å². The topological polar surface area (TPSA) is 0 Å². The maximum Gasteiger partial charge on any atom is 2.00 e. The van der Waals surface area contributed by atoms with Crippen LogP contribution < -0.4 is 0 Å². The average molecular weight is 185 g/mol. The Bertz CT molecular complexity index is 59.7. The second-order valence-corrected chi connectivity index (χ2v) is 1.72. The standard InChI is InChI=1S/C5H9F3.Ni/c1-2-3-4-5(6,7)8;/h2-4H2,1H3;/q;+2. The van der Waals surface area contributed by atoms with Gasteiger partial charge in [-0.05, 0) is 6.42 Å². The maximum absolute atomic E-state index is 11.2. The van der Waals surface area contributed by atoms with E-state index in [9.17, 15) is 13.2 Å². The Hall–Kier alpha value is 0.284. The van der Waals surface area contributed by atoms with E-state index < -0.39 is 12.6 Å². The summed E-state index contributed by atoms with van der Waals surface area (Å²) in [5, 5.41) is 0. The molecule has 0 nitrogen and oxygen atoms in total. The van der Waals surface area contributed by atoms with Crippen molar-refractivity contribution in [2.24, 2.45) is 0 Å². The van der Waals surface area contributed by atoms with Crippen LogP contribution in [0.5, 0.6) is 0 Å². The summed E-state index contributed by atoms with van der Waals surface area (Å²) >= 11 is 0. The summed E-state index contributed by atoms with van der Waals surface area (Å²) in [6, 6.07) is 0. The maximum atomic E-state index is 11.2. The molecule has 0 aliphatic carbocycles. The molecule has 0 spiro atoms. The number of halogens is 3. The molecule has 0 rings (SSSR count). The van der Waals surface area contributed by atoms with Gasteiger partial charge in [-0.25, -0.2) is 0 Å². The summed E-state index contributed by atoms with van der Waals surface area (Å²) in [6.45, 7) is 1.74. The first kappa shape index (κ1) is 12.0.